The highest BCUT2D eigenvalue weighted by Gasteiger charge is 2.14. The zero-order valence-corrected chi connectivity index (χ0v) is 14.2. The first kappa shape index (κ1) is 16.6. The Hall–Kier alpha value is -1.75. The molecule has 1 aromatic heterocycles. The van der Waals surface area contributed by atoms with Gasteiger partial charge in [0.25, 0.3) is 0 Å². The topological polar surface area (TPSA) is 33.2 Å². The van der Waals surface area contributed by atoms with Crippen LogP contribution in [0.15, 0.2) is 23.6 Å². The molecule has 0 aliphatic carbocycles. The number of likely N-dealkylation sites (N-methyl/N-ethyl adjacent to an activating group) is 1. The van der Waals surface area contributed by atoms with E-state index in [9.17, 15) is 9.18 Å². The van der Waals surface area contributed by atoms with Crippen LogP contribution in [-0.2, 0) is 17.8 Å². The molecule has 0 saturated carbocycles. The Morgan fingerprint density at radius 1 is 1.41 bits per heavy atom. The fraction of sp³-hybridized carbons (Fsp3) is 0.412. The second kappa shape index (κ2) is 7.01. The molecule has 0 aliphatic rings. The molecule has 5 heteroatoms. The Balaban J connectivity index is 2.01. The van der Waals surface area contributed by atoms with Crippen molar-refractivity contribution in [2.24, 2.45) is 0 Å². The van der Waals surface area contributed by atoms with Gasteiger partial charge in [0, 0.05) is 18.3 Å². The van der Waals surface area contributed by atoms with Gasteiger partial charge in [0.1, 0.15) is 5.82 Å². The van der Waals surface area contributed by atoms with Gasteiger partial charge < -0.3 is 4.90 Å². The highest BCUT2D eigenvalue weighted by atomic mass is 32.1. The number of amides is 1. The first-order valence-electron chi connectivity index (χ1n) is 7.30. The van der Waals surface area contributed by atoms with Crippen molar-refractivity contribution < 1.29 is 9.18 Å². The zero-order valence-electron chi connectivity index (χ0n) is 13.4. The molecule has 0 N–H and O–H groups in total. The monoisotopic (exact) mass is 320 g/mol. The molecular formula is C17H21FN2OS. The van der Waals surface area contributed by atoms with Crippen molar-refractivity contribution >= 4 is 17.2 Å². The van der Waals surface area contributed by atoms with Crippen molar-refractivity contribution in [1.82, 2.24) is 9.88 Å². The number of rotatable bonds is 5. The summed E-state index contributed by atoms with van der Waals surface area (Å²) in [6.07, 6.45) is 0.210. The number of thiazole rings is 1. The van der Waals surface area contributed by atoms with Crippen molar-refractivity contribution in [1.29, 1.82) is 0 Å². The molecule has 0 fully saturated rings. The first-order valence-corrected chi connectivity index (χ1v) is 8.18. The minimum Gasteiger partial charge on any atom is -0.340 e. The lowest BCUT2D eigenvalue weighted by molar-refractivity contribution is -0.129. The van der Waals surface area contributed by atoms with Gasteiger partial charge in [-0.15, -0.1) is 11.3 Å². The van der Waals surface area contributed by atoms with E-state index in [0.29, 0.717) is 12.5 Å². The molecule has 0 atom stereocenters. The maximum atomic E-state index is 13.3. The lowest BCUT2D eigenvalue weighted by Gasteiger charge is -2.16. The average molecular weight is 320 g/mol. The third-order valence-corrected chi connectivity index (χ3v) is 4.74. The minimum atomic E-state index is -0.308. The Bertz CT molecular complexity index is 666. The van der Waals surface area contributed by atoms with Gasteiger partial charge >= 0.3 is 0 Å². The lowest BCUT2D eigenvalue weighted by atomic mass is 10.1. The van der Waals surface area contributed by atoms with Gasteiger partial charge in [-0.3, -0.25) is 4.79 Å². The number of hydrogen-bond donors (Lipinski definition) is 0. The molecule has 118 valence electrons. The van der Waals surface area contributed by atoms with Gasteiger partial charge in [0.2, 0.25) is 5.91 Å². The Morgan fingerprint density at radius 3 is 2.77 bits per heavy atom. The predicted molar refractivity (Wildman–Crippen MR) is 87.5 cm³/mol. The summed E-state index contributed by atoms with van der Waals surface area (Å²) < 4.78 is 13.3. The summed E-state index contributed by atoms with van der Waals surface area (Å²) in [6, 6.07) is 4.55. The molecule has 1 heterocycles. The number of carbonyl (C=O) groups is 1. The van der Waals surface area contributed by atoms with Crippen LogP contribution in [0.5, 0.6) is 0 Å². The number of halogens is 1. The van der Waals surface area contributed by atoms with Crippen LogP contribution in [0, 0.1) is 12.7 Å². The van der Waals surface area contributed by atoms with Gasteiger partial charge in [-0.25, -0.2) is 9.37 Å². The number of carbonyl (C=O) groups excluding carboxylic acids is 1. The smallest absolute Gasteiger partial charge is 0.227 e. The lowest BCUT2D eigenvalue weighted by Crippen LogP contribution is -2.28. The van der Waals surface area contributed by atoms with Crippen LogP contribution in [0.4, 0.5) is 4.39 Å². The van der Waals surface area contributed by atoms with E-state index in [4.69, 9.17) is 0 Å². The fourth-order valence-electron chi connectivity index (χ4n) is 2.12. The maximum absolute atomic E-state index is 13.3. The Morgan fingerprint density at radius 2 is 2.14 bits per heavy atom. The molecule has 0 unspecified atom stereocenters. The highest BCUT2D eigenvalue weighted by Crippen LogP contribution is 2.20. The molecule has 1 amide bonds. The minimum absolute atomic E-state index is 0.0344. The number of benzene rings is 1. The summed E-state index contributed by atoms with van der Waals surface area (Å²) in [4.78, 5) is 18.5. The number of aromatic nitrogens is 1. The number of hydrogen-bond acceptors (Lipinski definition) is 3. The average Bonchev–Trinajstić information content (AvgIpc) is 2.91. The molecule has 0 aliphatic heterocycles. The van der Waals surface area contributed by atoms with Crippen molar-refractivity contribution in [3.8, 4) is 0 Å². The van der Waals surface area contributed by atoms with Gasteiger partial charge in [-0.2, -0.15) is 0 Å². The number of aryl methyl sites for hydroxylation is 1. The SMILES string of the molecule is Cc1ccc(F)cc1CC(=O)N(C)Cc1csc(C(C)C)n1. The quantitative estimate of drug-likeness (QED) is 0.836. The first-order chi connectivity index (χ1) is 10.4. The van der Waals surface area contributed by atoms with E-state index < -0.39 is 0 Å². The van der Waals surface area contributed by atoms with Gasteiger partial charge in [0.05, 0.1) is 23.7 Å². The predicted octanol–water partition coefficient (Wildman–Crippen LogP) is 3.92. The van der Waals surface area contributed by atoms with Crippen LogP contribution in [0.3, 0.4) is 0 Å². The van der Waals surface area contributed by atoms with E-state index in [0.717, 1.165) is 21.8 Å². The standard InChI is InChI=1S/C17H21FN2OS/c1-11(2)17-19-15(10-22-17)9-20(4)16(21)8-13-7-14(18)6-5-12(13)3/h5-7,10-11H,8-9H2,1-4H3. The van der Waals surface area contributed by atoms with E-state index in [1.54, 1.807) is 29.4 Å². The molecule has 3 nitrogen and oxygen atoms in total. The maximum Gasteiger partial charge on any atom is 0.227 e. The summed E-state index contributed by atoms with van der Waals surface area (Å²) in [6.45, 7) is 6.57. The van der Waals surface area contributed by atoms with Gasteiger partial charge in [-0.1, -0.05) is 19.9 Å². The van der Waals surface area contributed by atoms with Crippen molar-refractivity contribution in [2.45, 2.75) is 39.7 Å². The zero-order chi connectivity index (χ0) is 16.3. The summed E-state index contributed by atoms with van der Waals surface area (Å²) in [5.41, 5.74) is 2.57. The van der Waals surface area contributed by atoms with E-state index in [2.05, 4.69) is 18.8 Å². The van der Waals surface area contributed by atoms with Crippen LogP contribution >= 0.6 is 11.3 Å². The second-order valence-electron chi connectivity index (χ2n) is 5.83. The Kier molecular flexibility index (Phi) is 5.29. The second-order valence-corrected chi connectivity index (χ2v) is 6.72. The fourth-order valence-corrected chi connectivity index (χ4v) is 2.95. The third-order valence-electron chi connectivity index (χ3n) is 3.54. The van der Waals surface area contributed by atoms with Crippen molar-refractivity contribution in [3.63, 3.8) is 0 Å². The molecule has 2 rings (SSSR count). The summed E-state index contributed by atoms with van der Waals surface area (Å²) in [5.74, 6) is 0.0552. The largest absolute Gasteiger partial charge is 0.340 e. The molecule has 1 aromatic carbocycles. The molecule has 0 spiro atoms. The third kappa shape index (κ3) is 4.13. The molecule has 0 radical (unpaired) electrons. The van der Waals surface area contributed by atoms with Crippen LogP contribution in [0.2, 0.25) is 0 Å². The molecule has 2 aromatic rings. The van der Waals surface area contributed by atoms with E-state index in [1.165, 1.54) is 12.1 Å². The van der Waals surface area contributed by atoms with Crippen LogP contribution < -0.4 is 0 Å². The summed E-state index contributed by atoms with van der Waals surface area (Å²) >= 11 is 1.62. The van der Waals surface area contributed by atoms with Gasteiger partial charge in [-0.05, 0) is 30.2 Å². The molecule has 22 heavy (non-hydrogen) atoms. The molecule has 0 bridgehead atoms. The molecule has 0 saturated heterocycles. The normalized spacial score (nSPS) is 11.0. The van der Waals surface area contributed by atoms with E-state index in [-0.39, 0.29) is 18.1 Å². The van der Waals surface area contributed by atoms with E-state index in [1.807, 2.05) is 12.3 Å². The van der Waals surface area contributed by atoms with E-state index >= 15 is 0 Å². The van der Waals surface area contributed by atoms with Crippen LogP contribution in [0.25, 0.3) is 0 Å². The summed E-state index contributed by atoms with van der Waals surface area (Å²) in [5, 5.41) is 3.07. The summed E-state index contributed by atoms with van der Waals surface area (Å²) in [7, 11) is 1.76. The van der Waals surface area contributed by atoms with Crippen LogP contribution in [-0.4, -0.2) is 22.8 Å². The van der Waals surface area contributed by atoms with Crippen molar-refractivity contribution in [3.05, 3.63) is 51.2 Å². The Labute approximate surface area is 134 Å². The highest BCUT2D eigenvalue weighted by molar-refractivity contribution is 7.09. The number of nitrogens with zero attached hydrogens (tertiary/aromatic N) is 2. The van der Waals surface area contributed by atoms with Crippen molar-refractivity contribution in [2.75, 3.05) is 7.05 Å². The van der Waals surface area contributed by atoms with Crippen LogP contribution in [0.1, 0.15) is 41.6 Å². The van der Waals surface area contributed by atoms with Gasteiger partial charge in [0.15, 0.2) is 0 Å². The molecular weight excluding hydrogens is 299 g/mol.